The van der Waals surface area contributed by atoms with Crippen molar-refractivity contribution in [2.75, 3.05) is 19.8 Å². The predicted molar refractivity (Wildman–Crippen MR) is 79.5 cm³/mol. The van der Waals surface area contributed by atoms with E-state index in [9.17, 15) is 4.79 Å². The van der Waals surface area contributed by atoms with Gasteiger partial charge in [0.05, 0.1) is 0 Å². The van der Waals surface area contributed by atoms with Crippen molar-refractivity contribution in [2.24, 2.45) is 11.7 Å². The van der Waals surface area contributed by atoms with Gasteiger partial charge in [0, 0.05) is 19.0 Å². The lowest BCUT2D eigenvalue weighted by Crippen LogP contribution is -2.33. The highest BCUT2D eigenvalue weighted by Gasteiger charge is 2.29. The summed E-state index contributed by atoms with van der Waals surface area (Å²) in [6, 6.07) is 5.94. The molecule has 3 N–H and O–H groups in total. The Labute approximate surface area is 124 Å². The van der Waals surface area contributed by atoms with Crippen LogP contribution in [0.4, 0.5) is 0 Å². The normalized spacial score (nSPS) is 18.1. The quantitative estimate of drug-likeness (QED) is 0.827. The molecule has 21 heavy (non-hydrogen) atoms. The molecule has 1 heterocycles. The number of benzene rings is 1. The summed E-state index contributed by atoms with van der Waals surface area (Å²) in [6.45, 7) is 1.81. The van der Waals surface area contributed by atoms with Gasteiger partial charge in [0.2, 0.25) is 5.91 Å². The van der Waals surface area contributed by atoms with Crippen LogP contribution in [-0.2, 0) is 11.2 Å². The maximum atomic E-state index is 11.8. The van der Waals surface area contributed by atoms with Crippen molar-refractivity contribution < 1.29 is 14.3 Å². The molecule has 0 aromatic heterocycles. The second-order valence-electron chi connectivity index (χ2n) is 5.78. The fourth-order valence-corrected chi connectivity index (χ4v) is 2.57. The second kappa shape index (κ2) is 6.35. The largest absolute Gasteiger partial charge is 0.486 e. The van der Waals surface area contributed by atoms with Gasteiger partial charge in [-0.25, -0.2) is 0 Å². The van der Waals surface area contributed by atoms with Gasteiger partial charge in [-0.2, -0.15) is 0 Å². The van der Waals surface area contributed by atoms with Gasteiger partial charge < -0.3 is 20.5 Å². The average molecular weight is 290 g/mol. The lowest BCUT2D eigenvalue weighted by molar-refractivity contribution is -0.121. The summed E-state index contributed by atoms with van der Waals surface area (Å²) >= 11 is 0. The Kier molecular flexibility index (Phi) is 4.29. The summed E-state index contributed by atoms with van der Waals surface area (Å²) in [6.07, 6.45) is 3.56. The van der Waals surface area contributed by atoms with Crippen molar-refractivity contribution in [1.29, 1.82) is 0 Å². The van der Waals surface area contributed by atoms with E-state index in [1.807, 2.05) is 18.2 Å². The van der Waals surface area contributed by atoms with E-state index >= 15 is 0 Å². The third-order valence-electron chi connectivity index (χ3n) is 3.99. The van der Waals surface area contributed by atoms with E-state index in [4.69, 9.17) is 15.2 Å². The minimum Gasteiger partial charge on any atom is -0.486 e. The Hall–Kier alpha value is -1.75. The molecule has 2 aliphatic rings. The fourth-order valence-electron chi connectivity index (χ4n) is 2.57. The zero-order chi connectivity index (χ0) is 14.7. The summed E-state index contributed by atoms with van der Waals surface area (Å²) in [5, 5.41) is 2.93. The predicted octanol–water partition coefficient (Wildman–Crippen LogP) is 1.24. The molecule has 1 aliphatic carbocycles. The summed E-state index contributed by atoms with van der Waals surface area (Å²) in [7, 11) is 0. The van der Waals surface area contributed by atoms with Crippen LogP contribution in [0.15, 0.2) is 18.2 Å². The number of rotatable bonds is 6. The van der Waals surface area contributed by atoms with Crippen LogP contribution in [0.1, 0.15) is 24.8 Å². The smallest absolute Gasteiger partial charge is 0.221 e. The van der Waals surface area contributed by atoms with Crippen LogP contribution in [-0.4, -0.2) is 31.7 Å². The van der Waals surface area contributed by atoms with Crippen LogP contribution in [0, 0.1) is 5.92 Å². The van der Waals surface area contributed by atoms with Crippen LogP contribution < -0.4 is 20.5 Å². The first-order valence-electron chi connectivity index (χ1n) is 7.63. The number of amides is 1. The Balaban J connectivity index is 1.43. The van der Waals surface area contributed by atoms with Gasteiger partial charge in [0.25, 0.3) is 0 Å². The standard InChI is InChI=1S/C16H22N2O3/c17-13(12-2-3-12)10-16(19)18-6-5-11-1-4-14-15(9-11)21-8-7-20-14/h1,4,9,12-13H,2-3,5-8,10,17H2,(H,18,19). The summed E-state index contributed by atoms with van der Waals surface area (Å²) in [4.78, 5) is 11.8. The molecule has 1 aromatic rings. The van der Waals surface area contributed by atoms with Crippen molar-refractivity contribution in [1.82, 2.24) is 5.32 Å². The van der Waals surface area contributed by atoms with E-state index in [2.05, 4.69) is 5.32 Å². The molecule has 114 valence electrons. The monoisotopic (exact) mass is 290 g/mol. The molecular weight excluding hydrogens is 268 g/mol. The van der Waals surface area contributed by atoms with Gasteiger partial charge in [-0.1, -0.05) is 6.07 Å². The molecule has 1 saturated carbocycles. The van der Waals surface area contributed by atoms with E-state index in [0.29, 0.717) is 32.1 Å². The molecule has 0 radical (unpaired) electrons. The molecule has 3 rings (SSSR count). The van der Waals surface area contributed by atoms with Crippen molar-refractivity contribution in [3.8, 4) is 11.5 Å². The molecule has 1 fully saturated rings. The molecule has 1 aliphatic heterocycles. The first-order chi connectivity index (χ1) is 10.2. The maximum Gasteiger partial charge on any atom is 0.221 e. The van der Waals surface area contributed by atoms with Gasteiger partial charge in [-0.05, 0) is 42.9 Å². The zero-order valence-electron chi connectivity index (χ0n) is 12.1. The van der Waals surface area contributed by atoms with Gasteiger partial charge >= 0.3 is 0 Å². The number of fused-ring (bicyclic) bond motifs is 1. The minimum atomic E-state index is 0.0271. The topological polar surface area (TPSA) is 73.6 Å². The van der Waals surface area contributed by atoms with E-state index in [1.165, 1.54) is 12.8 Å². The van der Waals surface area contributed by atoms with E-state index < -0.39 is 0 Å². The van der Waals surface area contributed by atoms with E-state index in [-0.39, 0.29) is 11.9 Å². The average Bonchev–Trinajstić information content (AvgIpc) is 3.32. The highest BCUT2D eigenvalue weighted by atomic mass is 16.6. The van der Waals surface area contributed by atoms with Crippen LogP contribution >= 0.6 is 0 Å². The first kappa shape index (κ1) is 14.2. The maximum absolute atomic E-state index is 11.8. The number of nitrogens with one attached hydrogen (secondary N) is 1. The number of hydrogen-bond acceptors (Lipinski definition) is 4. The summed E-state index contributed by atoms with van der Waals surface area (Å²) in [5.74, 6) is 2.20. The fraction of sp³-hybridized carbons (Fsp3) is 0.562. The third kappa shape index (κ3) is 3.88. The number of carbonyl (C=O) groups excluding carboxylic acids is 1. The highest BCUT2D eigenvalue weighted by Crippen LogP contribution is 2.32. The highest BCUT2D eigenvalue weighted by molar-refractivity contribution is 5.76. The second-order valence-corrected chi connectivity index (χ2v) is 5.78. The van der Waals surface area contributed by atoms with Gasteiger partial charge in [0.1, 0.15) is 13.2 Å². The van der Waals surface area contributed by atoms with Crippen LogP contribution in [0.2, 0.25) is 0 Å². The number of ether oxygens (including phenoxy) is 2. The molecule has 1 unspecified atom stereocenters. The molecular formula is C16H22N2O3. The Morgan fingerprint density at radius 2 is 2.05 bits per heavy atom. The SMILES string of the molecule is NC(CC(=O)NCCc1ccc2c(c1)OCCO2)C1CC1. The van der Waals surface area contributed by atoms with Crippen molar-refractivity contribution in [3.63, 3.8) is 0 Å². The van der Waals surface area contributed by atoms with Crippen LogP contribution in [0.3, 0.4) is 0 Å². The number of carbonyl (C=O) groups is 1. The van der Waals surface area contributed by atoms with Gasteiger partial charge in [-0.3, -0.25) is 4.79 Å². The first-order valence-corrected chi connectivity index (χ1v) is 7.63. The number of nitrogens with two attached hydrogens (primary N) is 1. The lowest BCUT2D eigenvalue weighted by atomic mass is 10.1. The third-order valence-corrected chi connectivity index (χ3v) is 3.99. The Morgan fingerprint density at radius 3 is 2.81 bits per heavy atom. The molecule has 0 saturated heterocycles. The summed E-state index contributed by atoms with van der Waals surface area (Å²) in [5.41, 5.74) is 7.08. The molecule has 0 spiro atoms. The van der Waals surface area contributed by atoms with Crippen LogP contribution in [0.5, 0.6) is 11.5 Å². The van der Waals surface area contributed by atoms with Gasteiger partial charge in [-0.15, -0.1) is 0 Å². The summed E-state index contributed by atoms with van der Waals surface area (Å²) < 4.78 is 11.0. The zero-order valence-corrected chi connectivity index (χ0v) is 12.1. The van der Waals surface area contributed by atoms with E-state index in [0.717, 1.165) is 23.5 Å². The Morgan fingerprint density at radius 1 is 1.29 bits per heavy atom. The lowest BCUT2D eigenvalue weighted by Gasteiger charge is -2.19. The molecule has 1 aromatic carbocycles. The van der Waals surface area contributed by atoms with Gasteiger partial charge in [0.15, 0.2) is 11.5 Å². The van der Waals surface area contributed by atoms with E-state index in [1.54, 1.807) is 0 Å². The molecule has 1 atom stereocenters. The minimum absolute atomic E-state index is 0.0271. The molecule has 5 nitrogen and oxygen atoms in total. The Bertz CT molecular complexity index is 514. The van der Waals surface area contributed by atoms with Crippen molar-refractivity contribution >= 4 is 5.91 Å². The number of hydrogen-bond donors (Lipinski definition) is 2. The van der Waals surface area contributed by atoms with Crippen LogP contribution in [0.25, 0.3) is 0 Å². The molecule has 5 heteroatoms. The van der Waals surface area contributed by atoms with Crippen molar-refractivity contribution in [2.45, 2.75) is 31.7 Å². The van der Waals surface area contributed by atoms with Crippen molar-refractivity contribution in [3.05, 3.63) is 23.8 Å². The molecule has 1 amide bonds. The molecule has 0 bridgehead atoms.